The standard InChI is InChI=1S/C13H13BrN2OS/c1-9-15-12(8-18-9)13(17)16(2)7-10-5-3-4-6-11(10)14/h3-6,8H,7H2,1-2H3. The lowest BCUT2D eigenvalue weighted by Crippen LogP contribution is -2.26. The van der Waals surface area contributed by atoms with E-state index in [0.29, 0.717) is 12.2 Å². The van der Waals surface area contributed by atoms with Gasteiger partial charge in [-0.2, -0.15) is 0 Å². The maximum Gasteiger partial charge on any atom is 0.273 e. The molecule has 18 heavy (non-hydrogen) atoms. The number of carbonyl (C=O) groups excluding carboxylic acids is 1. The maximum absolute atomic E-state index is 12.1. The molecular weight excluding hydrogens is 312 g/mol. The van der Waals surface area contributed by atoms with Crippen LogP contribution in [0.2, 0.25) is 0 Å². The van der Waals surface area contributed by atoms with Crippen LogP contribution in [0.25, 0.3) is 0 Å². The van der Waals surface area contributed by atoms with Crippen LogP contribution in [0.4, 0.5) is 0 Å². The molecule has 1 aromatic heterocycles. The number of halogens is 1. The highest BCUT2D eigenvalue weighted by Crippen LogP contribution is 2.18. The van der Waals surface area contributed by atoms with E-state index in [1.807, 2.05) is 31.2 Å². The first-order chi connectivity index (χ1) is 8.58. The molecule has 0 saturated carbocycles. The van der Waals surface area contributed by atoms with Crippen LogP contribution < -0.4 is 0 Å². The molecule has 1 aromatic carbocycles. The van der Waals surface area contributed by atoms with Crippen LogP contribution in [-0.4, -0.2) is 22.8 Å². The number of aromatic nitrogens is 1. The Morgan fingerprint density at radius 3 is 2.78 bits per heavy atom. The van der Waals surface area contributed by atoms with E-state index in [2.05, 4.69) is 20.9 Å². The van der Waals surface area contributed by atoms with Crippen LogP contribution in [-0.2, 0) is 6.54 Å². The van der Waals surface area contributed by atoms with Crippen LogP contribution in [0.1, 0.15) is 21.1 Å². The Morgan fingerprint density at radius 1 is 1.44 bits per heavy atom. The third-order valence-electron chi connectivity index (χ3n) is 2.55. The second-order valence-electron chi connectivity index (χ2n) is 4.00. The zero-order valence-corrected chi connectivity index (χ0v) is 12.6. The molecule has 0 bridgehead atoms. The molecule has 0 unspecified atom stereocenters. The van der Waals surface area contributed by atoms with Gasteiger partial charge in [0, 0.05) is 23.4 Å². The second kappa shape index (κ2) is 5.63. The SMILES string of the molecule is Cc1nc(C(=O)N(C)Cc2ccccc2Br)cs1. The van der Waals surface area contributed by atoms with Gasteiger partial charge in [0.15, 0.2) is 0 Å². The summed E-state index contributed by atoms with van der Waals surface area (Å²) in [6.07, 6.45) is 0. The molecule has 0 N–H and O–H groups in total. The Bertz CT molecular complexity index is 568. The summed E-state index contributed by atoms with van der Waals surface area (Å²) in [5, 5.41) is 2.71. The van der Waals surface area contributed by atoms with E-state index < -0.39 is 0 Å². The number of rotatable bonds is 3. The first-order valence-electron chi connectivity index (χ1n) is 5.49. The van der Waals surface area contributed by atoms with E-state index in [-0.39, 0.29) is 5.91 Å². The Kier molecular flexibility index (Phi) is 4.14. The Morgan fingerprint density at radius 2 is 2.17 bits per heavy atom. The first-order valence-corrected chi connectivity index (χ1v) is 7.16. The molecule has 0 saturated heterocycles. The number of amides is 1. The third kappa shape index (κ3) is 2.97. The molecule has 0 spiro atoms. The van der Waals surface area contributed by atoms with Crippen molar-refractivity contribution in [1.82, 2.24) is 9.88 Å². The normalized spacial score (nSPS) is 10.4. The van der Waals surface area contributed by atoms with Crippen molar-refractivity contribution in [3.8, 4) is 0 Å². The fourth-order valence-corrected chi connectivity index (χ4v) is 2.61. The molecule has 0 aliphatic carbocycles. The Balaban J connectivity index is 2.11. The third-order valence-corrected chi connectivity index (χ3v) is 4.10. The quantitative estimate of drug-likeness (QED) is 0.865. The van der Waals surface area contributed by atoms with E-state index in [1.54, 1.807) is 17.3 Å². The monoisotopic (exact) mass is 324 g/mol. The lowest BCUT2D eigenvalue weighted by Gasteiger charge is -2.16. The number of hydrogen-bond acceptors (Lipinski definition) is 3. The Hall–Kier alpha value is -1.20. The second-order valence-corrected chi connectivity index (χ2v) is 5.92. The number of benzene rings is 1. The van der Waals surface area contributed by atoms with E-state index in [1.165, 1.54) is 11.3 Å². The number of aryl methyl sites for hydroxylation is 1. The van der Waals surface area contributed by atoms with Gasteiger partial charge in [0.1, 0.15) is 5.69 Å². The molecule has 0 aliphatic rings. The topological polar surface area (TPSA) is 33.2 Å². The van der Waals surface area contributed by atoms with Crippen molar-refractivity contribution in [1.29, 1.82) is 0 Å². The van der Waals surface area contributed by atoms with Gasteiger partial charge in [0.2, 0.25) is 0 Å². The van der Waals surface area contributed by atoms with Gasteiger partial charge in [-0.05, 0) is 18.6 Å². The summed E-state index contributed by atoms with van der Waals surface area (Å²) < 4.78 is 1.01. The fourth-order valence-electron chi connectivity index (χ4n) is 1.61. The minimum absolute atomic E-state index is 0.0462. The van der Waals surface area contributed by atoms with Crippen LogP contribution >= 0.6 is 27.3 Å². The van der Waals surface area contributed by atoms with Crippen molar-refractivity contribution < 1.29 is 4.79 Å². The van der Waals surface area contributed by atoms with Gasteiger partial charge < -0.3 is 4.90 Å². The number of thiazole rings is 1. The molecule has 1 amide bonds. The molecule has 0 fully saturated rings. The summed E-state index contributed by atoms with van der Waals surface area (Å²) >= 11 is 4.97. The van der Waals surface area contributed by atoms with Gasteiger partial charge in [-0.15, -0.1) is 11.3 Å². The predicted molar refractivity (Wildman–Crippen MR) is 76.8 cm³/mol. The molecule has 0 atom stereocenters. The minimum Gasteiger partial charge on any atom is -0.336 e. The maximum atomic E-state index is 12.1. The van der Waals surface area contributed by atoms with Crippen LogP contribution in [0, 0.1) is 6.92 Å². The van der Waals surface area contributed by atoms with E-state index in [4.69, 9.17) is 0 Å². The van der Waals surface area contributed by atoms with Crippen LogP contribution in [0.15, 0.2) is 34.1 Å². The molecule has 94 valence electrons. The molecule has 0 radical (unpaired) electrons. The van der Waals surface area contributed by atoms with Crippen molar-refractivity contribution in [2.24, 2.45) is 0 Å². The van der Waals surface area contributed by atoms with Gasteiger partial charge in [0.05, 0.1) is 5.01 Å². The van der Waals surface area contributed by atoms with Gasteiger partial charge in [-0.25, -0.2) is 4.98 Å². The summed E-state index contributed by atoms with van der Waals surface area (Å²) in [4.78, 5) is 18.0. The number of nitrogens with zero attached hydrogens (tertiary/aromatic N) is 2. The zero-order chi connectivity index (χ0) is 13.1. The van der Waals surface area contributed by atoms with Gasteiger partial charge >= 0.3 is 0 Å². The van der Waals surface area contributed by atoms with E-state index >= 15 is 0 Å². The number of carbonyl (C=O) groups is 1. The van der Waals surface area contributed by atoms with Gasteiger partial charge in [0.25, 0.3) is 5.91 Å². The zero-order valence-electron chi connectivity index (χ0n) is 10.2. The molecule has 5 heteroatoms. The van der Waals surface area contributed by atoms with Crippen molar-refractivity contribution in [3.05, 3.63) is 50.4 Å². The van der Waals surface area contributed by atoms with Gasteiger partial charge in [-0.1, -0.05) is 34.1 Å². The molecule has 1 heterocycles. The summed E-state index contributed by atoms with van der Waals surface area (Å²) in [5.74, 6) is -0.0462. The summed E-state index contributed by atoms with van der Waals surface area (Å²) in [6, 6.07) is 7.89. The molecule has 2 aromatic rings. The smallest absolute Gasteiger partial charge is 0.273 e. The van der Waals surface area contributed by atoms with Crippen molar-refractivity contribution in [3.63, 3.8) is 0 Å². The lowest BCUT2D eigenvalue weighted by atomic mass is 10.2. The van der Waals surface area contributed by atoms with Crippen LogP contribution in [0.5, 0.6) is 0 Å². The molecule has 3 nitrogen and oxygen atoms in total. The number of hydrogen-bond donors (Lipinski definition) is 0. The fraction of sp³-hybridized carbons (Fsp3) is 0.231. The lowest BCUT2D eigenvalue weighted by molar-refractivity contribution is 0.0779. The molecule has 2 rings (SSSR count). The van der Waals surface area contributed by atoms with E-state index in [9.17, 15) is 4.79 Å². The van der Waals surface area contributed by atoms with Crippen LogP contribution in [0.3, 0.4) is 0 Å². The van der Waals surface area contributed by atoms with Crippen molar-refractivity contribution >= 4 is 33.2 Å². The minimum atomic E-state index is -0.0462. The first kappa shape index (κ1) is 13.2. The highest BCUT2D eigenvalue weighted by Gasteiger charge is 2.15. The summed E-state index contributed by atoms with van der Waals surface area (Å²) in [6.45, 7) is 2.46. The van der Waals surface area contributed by atoms with Gasteiger partial charge in [-0.3, -0.25) is 4.79 Å². The molecule has 0 aliphatic heterocycles. The largest absolute Gasteiger partial charge is 0.336 e. The average molecular weight is 325 g/mol. The molecular formula is C13H13BrN2OS. The van der Waals surface area contributed by atoms with E-state index in [0.717, 1.165) is 15.0 Å². The summed E-state index contributed by atoms with van der Waals surface area (Å²) in [5.41, 5.74) is 1.60. The van der Waals surface area contributed by atoms with Crippen molar-refractivity contribution in [2.75, 3.05) is 7.05 Å². The predicted octanol–water partition coefficient (Wildman–Crippen LogP) is 3.49. The highest BCUT2D eigenvalue weighted by atomic mass is 79.9. The van der Waals surface area contributed by atoms with Crippen molar-refractivity contribution in [2.45, 2.75) is 13.5 Å². The Labute approximate surface area is 119 Å². The highest BCUT2D eigenvalue weighted by molar-refractivity contribution is 9.10. The summed E-state index contributed by atoms with van der Waals surface area (Å²) in [7, 11) is 1.79. The average Bonchev–Trinajstić information content (AvgIpc) is 2.78.